The maximum absolute atomic E-state index is 13.8. The first-order chi connectivity index (χ1) is 11.7. The summed E-state index contributed by atoms with van der Waals surface area (Å²) in [7, 11) is -0.416. The van der Waals surface area contributed by atoms with Crippen molar-refractivity contribution in [2.45, 2.75) is 52.4 Å². The zero-order chi connectivity index (χ0) is 18.2. The minimum Gasteiger partial charge on any atom is -0.486 e. The van der Waals surface area contributed by atoms with Gasteiger partial charge in [0.1, 0.15) is 6.61 Å². The summed E-state index contributed by atoms with van der Waals surface area (Å²) < 4.78 is 31.6. The third-order valence-electron chi connectivity index (χ3n) is 4.96. The van der Waals surface area contributed by atoms with Gasteiger partial charge < -0.3 is 14.0 Å². The van der Waals surface area contributed by atoms with Crippen molar-refractivity contribution in [3.05, 3.63) is 59.4 Å². The number of halogens is 1. The van der Waals surface area contributed by atoms with Gasteiger partial charge in [0.05, 0.1) is 11.2 Å². The smallest absolute Gasteiger partial charge is 0.486 e. The molecule has 0 bridgehead atoms. The van der Waals surface area contributed by atoms with Gasteiger partial charge in [-0.3, -0.25) is 0 Å². The predicted octanol–water partition coefficient (Wildman–Crippen LogP) is 4.01. The van der Waals surface area contributed by atoms with Gasteiger partial charge in [-0.25, -0.2) is 4.39 Å². The SMILES string of the molecule is Cc1ccc(F)c(OCc2cccc(B3OC(C)(C)C(C)(C)O3)c2)c1. The van der Waals surface area contributed by atoms with Crippen molar-refractivity contribution >= 4 is 12.6 Å². The van der Waals surface area contributed by atoms with E-state index in [1.54, 1.807) is 12.1 Å². The maximum atomic E-state index is 13.8. The molecule has 0 atom stereocenters. The Labute approximate surface area is 149 Å². The topological polar surface area (TPSA) is 27.7 Å². The summed E-state index contributed by atoms with van der Waals surface area (Å²) in [6, 6.07) is 12.7. The number of ether oxygens (including phenoxy) is 1. The van der Waals surface area contributed by atoms with E-state index < -0.39 is 7.12 Å². The van der Waals surface area contributed by atoms with Crippen molar-refractivity contribution in [1.82, 2.24) is 0 Å². The van der Waals surface area contributed by atoms with E-state index in [1.165, 1.54) is 6.07 Å². The lowest BCUT2D eigenvalue weighted by molar-refractivity contribution is 0.00578. The van der Waals surface area contributed by atoms with Gasteiger partial charge in [0.25, 0.3) is 0 Å². The van der Waals surface area contributed by atoms with Crippen LogP contribution in [0.5, 0.6) is 5.75 Å². The molecule has 3 rings (SSSR count). The molecule has 0 radical (unpaired) electrons. The fourth-order valence-electron chi connectivity index (χ4n) is 2.69. The quantitative estimate of drug-likeness (QED) is 0.786. The molecule has 5 heteroatoms. The normalized spacial score (nSPS) is 18.4. The van der Waals surface area contributed by atoms with Gasteiger partial charge in [-0.1, -0.05) is 30.3 Å². The van der Waals surface area contributed by atoms with Crippen molar-refractivity contribution in [1.29, 1.82) is 0 Å². The summed E-state index contributed by atoms with van der Waals surface area (Å²) in [5, 5.41) is 0. The average molecular weight is 342 g/mol. The highest BCUT2D eigenvalue weighted by Gasteiger charge is 2.51. The second-order valence-corrected chi connectivity index (χ2v) is 7.56. The fraction of sp³-hybridized carbons (Fsp3) is 0.400. The number of rotatable bonds is 4. The zero-order valence-electron chi connectivity index (χ0n) is 15.4. The summed E-state index contributed by atoms with van der Waals surface area (Å²) in [6.07, 6.45) is 0. The first kappa shape index (κ1) is 18.0. The molecular formula is C20H24BFO3. The Kier molecular flexibility index (Phi) is 4.65. The monoisotopic (exact) mass is 342 g/mol. The van der Waals surface area contributed by atoms with E-state index in [0.29, 0.717) is 0 Å². The molecule has 0 spiro atoms. The number of aryl methyl sites for hydroxylation is 1. The van der Waals surface area contributed by atoms with Crippen molar-refractivity contribution < 1.29 is 18.4 Å². The van der Waals surface area contributed by atoms with Gasteiger partial charge in [-0.2, -0.15) is 0 Å². The van der Waals surface area contributed by atoms with E-state index in [0.717, 1.165) is 16.6 Å². The van der Waals surface area contributed by atoms with E-state index in [1.807, 2.05) is 58.9 Å². The first-order valence-corrected chi connectivity index (χ1v) is 8.51. The molecule has 132 valence electrons. The van der Waals surface area contributed by atoms with Gasteiger partial charge in [0.2, 0.25) is 0 Å². The van der Waals surface area contributed by atoms with Gasteiger partial charge in [0, 0.05) is 0 Å². The Morgan fingerprint density at radius 3 is 2.36 bits per heavy atom. The van der Waals surface area contributed by atoms with Crippen LogP contribution in [0.1, 0.15) is 38.8 Å². The summed E-state index contributed by atoms with van der Waals surface area (Å²) in [5.74, 6) is -0.0891. The lowest BCUT2D eigenvalue weighted by atomic mass is 9.78. The van der Waals surface area contributed by atoms with E-state index in [-0.39, 0.29) is 29.4 Å². The highest BCUT2D eigenvalue weighted by molar-refractivity contribution is 6.62. The molecule has 1 heterocycles. The van der Waals surface area contributed by atoms with E-state index in [9.17, 15) is 4.39 Å². The Morgan fingerprint density at radius 2 is 1.68 bits per heavy atom. The molecule has 2 aromatic carbocycles. The summed E-state index contributed by atoms with van der Waals surface area (Å²) in [4.78, 5) is 0. The molecule has 2 aromatic rings. The van der Waals surface area contributed by atoms with Crippen LogP contribution in [0, 0.1) is 12.7 Å². The van der Waals surface area contributed by atoms with Crippen LogP contribution in [-0.4, -0.2) is 18.3 Å². The van der Waals surface area contributed by atoms with Crippen molar-refractivity contribution in [2.75, 3.05) is 0 Å². The predicted molar refractivity (Wildman–Crippen MR) is 97.6 cm³/mol. The number of hydrogen-bond donors (Lipinski definition) is 0. The molecule has 0 aromatic heterocycles. The molecule has 0 unspecified atom stereocenters. The Balaban J connectivity index is 1.73. The highest BCUT2D eigenvalue weighted by atomic mass is 19.1. The average Bonchev–Trinajstić information content (AvgIpc) is 2.77. The van der Waals surface area contributed by atoms with Crippen LogP contribution in [0.25, 0.3) is 0 Å². The lowest BCUT2D eigenvalue weighted by Gasteiger charge is -2.32. The Bertz CT molecular complexity index is 757. The standard InChI is InChI=1S/C20H24BFO3/c1-14-9-10-17(22)18(11-14)23-13-15-7-6-8-16(12-15)21-24-19(2,3)20(4,5)25-21/h6-12H,13H2,1-5H3. The second kappa shape index (κ2) is 6.47. The molecule has 3 nitrogen and oxygen atoms in total. The zero-order valence-corrected chi connectivity index (χ0v) is 15.4. The number of hydrogen-bond acceptors (Lipinski definition) is 3. The minimum absolute atomic E-state index is 0.265. The van der Waals surface area contributed by atoms with Crippen molar-refractivity contribution in [3.8, 4) is 5.75 Å². The van der Waals surface area contributed by atoms with Gasteiger partial charge in [-0.05, 0) is 63.3 Å². The summed E-state index contributed by atoms with van der Waals surface area (Å²) >= 11 is 0. The third-order valence-corrected chi connectivity index (χ3v) is 4.96. The van der Waals surface area contributed by atoms with Gasteiger partial charge in [-0.15, -0.1) is 0 Å². The van der Waals surface area contributed by atoms with Crippen LogP contribution in [0.2, 0.25) is 0 Å². The second-order valence-electron chi connectivity index (χ2n) is 7.56. The van der Waals surface area contributed by atoms with Crippen LogP contribution in [0.3, 0.4) is 0 Å². The first-order valence-electron chi connectivity index (χ1n) is 8.51. The van der Waals surface area contributed by atoms with Crippen LogP contribution in [0.15, 0.2) is 42.5 Å². The molecule has 0 amide bonds. The largest absolute Gasteiger partial charge is 0.494 e. The molecule has 1 aliphatic rings. The molecule has 0 aliphatic carbocycles. The molecule has 0 N–H and O–H groups in total. The van der Waals surface area contributed by atoms with Crippen LogP contribution in [-0.2, 0) is 15.9 Å². The summed E-state index contributed by atoms with van der Waals surface area (Å²) in [6.45, 7) is 10.3. The molecular weight excluding hydrogens is 318 g/mol. The molecule has 1 saturated heterocycles. The van der Waals surface area contributed by atoms with Crippen molar-refractivity contribution in [2.24, 2.45) is 0 Å². The third kappa shape index (κ3) is 3.72. The van der Waals surface area contributed by atoms with E-state index in [4.69, 9.17) is 14.0 Å². The van der Waals surface area contributed by atoms with E-state index >= 15 is 0 Å². The van der Waals surface area contributed by atoms with Crippen LogP contribution >= 0.6 is 0 Å². The lowest BCUT2D eigenvalue weighted by Crippen LogP contribution is -2.41. The molecule has 1 fully saturated rings. The van der Waals surface area contributed by atoms with Crippen LogP contribution in [0.4, 0.5) is 4.39 Å². The van der Waals surface area contributed by atoms with Crippen molar-refractivity contribution in [3.63, 3.8) is 0 Å². The summed E-state index contributed by atoms with van der Waals surface area (Å²) in [5.41, 5.74) is 2.07. The Morgan fingerprint density at radius 1 is 1.00 bits per heavy atom. The van der Waals surface area contributed by atoms with Gasteiger partial charge in [0.15, 0.2) is 11.6 Å². The molecule has 0 saturated carbocycles. The maximum Gasteiger partial charge on any atom is 0.494 e. The van der Waals surface area contributed by atoms with E-state index in [2.05, 4.69) is 0 Å². The number of benzene rings is 2. The van der Waals surface area contributed by atoms with Gasteiger partial charge >= 0.3 is 7.12 Å². The molecule has 25 heavy (non-hydrogen) atoms. The minimum atomic E-state index is -0.416. The fourth-order valence-corrected chi connectivity index (χ4v) is 2.69. The van der Waals surface area contributed by atoms with Crippen LogP contribution < -0.4 is 10.2 Å². The molecule has 1 aliphatic heterocycles. The highest BCUT2D eigenvalue weighted by Crippen LogP contribution is 2.36. The Hall–Kier alpha value is -1.85.